The van der Waals surface area contributed by atoms with E-state index in [9.17, 15) is 8.42 Å². The van der Waals surface area contributed by atoms with Crippen molar-refractivity contribution in [3.8, 4) is 0 Å². The average molecular weight is 333 g/mol. The highest BCUT2D eigenvalue weighted by Gasteiger charge is 2.16. The lowest BCUT2D eigenvalue weighted by Gasteiger charge is -2.08. The minimum Gasteiger partial charge on any atom is -0.392 e. The van der Waals surface area contributed by atoms with Gasteiger partial charge in [-0.05, 0) is 30.7 Å². The predicted molar refractivity (Wildman–Crippen MR) is 78.3 cm³/mol. The Balaban J connectivity index is 2.20. The third-order valence-electron chi connectivity index (χ3n) is 2.77. The molecule has 0 spiro atoms. The summed E-state index contributed by atoms with van der Waals surface area (Å²) in [6.45, 7) is 1.71. The number of benzene rings is 1. The fraction of sp³-hybridized carbons (Fsp3) is 0.250. The summed E-state index contributed by atoms with van der Waals surface area (Å²) in [7, 11) is -3.64. The van der Waals surface area contributed by atoms with E-state index in [1.807, 2.05) is 6.92 Å². The van der Waals surface area contributed by atoms with Gasteiger partial charge in [-0.1, -0.05) is 11.6 Å². The molecule has 1 aromatic heterocycles. The Labute approximate surface area is 126 Å². The third kappa shape index (κ3) is 3.36. The Bertz CT molecular complexity index is 713. The number of rotatable bonds is 5. The highest BCUT2D eigenvalue weighted by atomic mass is 35.5. The van der Waals surface area contributed by atoms with Gasteiger partial charge in [-0.3, -0.25) is 0 Å². The monoisotopic (exact) mass is 332 g/mol. The number of hydrogen-bond acceptors (Lipinski definition) is 5. The number of nitrogens with one attached hydrogen (secondary N) is 1. The van der Waals surface area contributed by atoms with Crippen molar-refractivity contribution in [2.24, 2.45) is 0 Å². The van der Waals surface area contributed by atoms with Crippen molar-refractivity contribution in [1.29, 1.82) is 0 Å². The lowest BCUT2D eigenvalue weighted by molar-refractivity contribution is 0.281. The van der Waals surface area contributed by atoms with Crippen LogP contribution in [0.2, 0.25) is 5.02 Å². The van der Waals surface area contributed by atoms with Gasteiger partial charge >= 0.3 is 0 Å². The quantitative estimate of drug-likeness (QED) is 0.878. The number of aryl methyl sites for hydroxylation is 1. The molecule has 1 aromatic carbocycles. The van der Waals surface area contributed by atoms with E-state index in [2.05, 4.69) is 9.71 Å². The Morgan fingerprint density at radius 1 is 1.45 bits per heavy atom. The Kier molecular flexibility index (Phi) is 4.77. The normalized spacial score (nSPS) is 11.8. The van der Waals surface area contributed by atoms with Gasteiger partial charge in [0.2, 0.25) is 10.0 Å². The molecule has 0 atom stereocenters. The smallest absolute Gasteiger partial charge is 0.240 e. The van der Waals surface area contributed by atoms with Gasteiger partial charge in [-0.15, -0.1) is 11.3 Å². The zero-order valence-corrected chi connectivity index (χ0v) is 13.0. The van der Waals surface area contributed by atoms with Crippen molar-refractivity contribution < 1.29 is 13.5 Å². The summed E-state index contributed by atoms with van der Waals surface area (Å²) in [4.78, 5) is 5.00. The first-order valence-electron chi connectivity index (χ1n) is 5.72. The first kappa shape index (κ1) is 15.4. The number of aromatic nitrogens is 1. The van der Waals surface area contributed by atoms with Crippen LogP contribution in [0.1, 0.15) is 16.1 Å². The summed E-state index contributed by atoms with van der Waals surface area (Å²) < 4.78 is 26.8. The topological polar surface area (TPSA) is 79.3 Å². The molecule has 0 amide bonds. The van der Waals surface area contributed by atoms with E-state index in [1.54, 1.807) is 5.51 Å². The molecule has 2 N–H and O–H groups in total. The van der Waals surface area contributed by atoms with E-state index in [0.717, 1.165) is 10.6 Å². The Morgan fingerprint density at radius 3 is 2.80 bits per heavy atom. The van der Waals surface area contributed by atoms with Crippen LogP contribution in [0.15, 0.2) is 28.6 Å². The van der Waals surface area contributed by atoms with Gasteiger partial charge in [-0.2, -0.15) is 0 Å². The summed E-state index contributed by atoms with van der Waals surface area (Å²) in [6, 6.07) is 4.23. The predicted octanol–water partition coefficient (Wildman–Crippen LogP) is 2.08. The van der Waals surface area contributed by atoms with Crippen molar-refractivity contribution in [1.82, 2.24) is 9.71 Å². The van der Waals surface area contributed by atoms with Crippen LogP contribution in [-0.2, 0) is 23.2 Å². The fourth-order valence-corrected chi connectivity index (χ4v) is 3.61. The van der Waals surface area contributed by atoms with Crippen LogP contribution in [0.3, 0.4) is 0 Å². The van der Waals surface area contributed by atoms with Gasteiger partial charge < -0.3 is 5.11 Å². The zero-order chi connectivity index (χ0) is 14.8. The highest BCUT2D eigenvalue weighted by Crippen LogP contribution is 2.21. The van der Waals surface area contributed by atoms with Gasteiger partial charge in [0.05, 0.1) is 22.7 Å². The molecular formula is C12H13ClN2O3S2. The SMILES string of the molecule is Cc1ncsc1CNS(=O)(=O)c1ccc(Cl)c(CO)c1. The molecule has 0 aliphatic rings. The van der Waals surface area contributed by atoms with E-state index in [0.29, 0.717) is 10.6 Å². The minimum atomic E-state index is -3.64. The second-order valence-electron chi connectivity index (χ2n) is 4.10. The summed E-state index contributed by atoms with van der Waals surface area (Å²) in [5.41, 5.74) is 2.86. The van der Waals surface area contributed by atoms with Gasteiger partial charge in [-0.25, -0.2) is 18.1 Å². The van der Waals surface area contributed by atoms with Gasteiger partial charge in [0.15, 0.2) is 0 Å². The number of aliphatic hydroxyl groups excluding tert-OH is 1. The van der Waals surface area contributed by atoms with Crippen molar-refractivity contribution in [2.75, 3.05) is 0 Å². The summed E-state index contributed by atoms with van der Waals surface area (Å²) in [5, 5.41) is 9.46. The van der Waals surface area contributed by atoms with Crippen LogP contribution >= 0.6 is 22.9 Å². The summed E-state index contributed by atoms with van der Waals surface area (Å²) in [6.07, 6.45) is 0. The first-order chi connectivity index (χ1) is 9.44. The first-order valence-corrected chi connectivity index (χ1v) is 8.46. The zero-order valence-electron chi connectivity index (χ0n) is 10.6. The van der Waals surface area contributed by atoms with Gasteiger partial charge in [0.25, 0.3) is 0 Å². The maximum Gasteiger partial charge on any atom is 0.240 e. The molecule has 2 rings (SSSR count). The van der Waals surface area contributed by atoms with Crippen LogP contribution in [0.4, 0.5) is 0 Å². The fourth-order valence-electron chi connectivity index (χ4n) is 1.58. The lowest BCUT2D eigenvalue weighted by Crippen LogP contribution is -2.23. The van der Waals surface area contributed by atoms with E-state index in [1.165, 1.54) is 29.5 Å². The molecule has 1 heterocycles. The van der Waals surface area contributed by atoms with E-state index in [4.69, 9.17) is 16.7 Å². The number of hydrogen-bond donors (Lipinski definition) is 2. The van der Waals surface area contributed by atoms with Crippen LogP contribution in [0.5, 0.6) is 0 Å². The molecule has 0 saturated heterocycles. The van der Waals surface area contributed by atoms with Crippen LogP contribution in [-0.4, -0.2) is 18.5 Å². The van der Waals surface area contributed by atoms with Crippen LogP contribution in [0.25, 0.3) is 0 Å². The average Bonchev–Trinajstić information content (AvgIpc) is 2.82. The van der Waals surface area contributed by atoms with Crippen LogP contribution in [0, 0.1) is 6.92 Å². The molecule has 0 saturated carbocycles. The Hall–Kier alpha value is -0.990. The Morgan fingerprint density at radius 2 is 2.20 bits per heavy atom. The van der Waals surface area contributed by atoms with Crippen molar-refractivity contribution in [2.45, 2.75) is 25.0 Å². The van der Waals surface area contributed by atoms with E-state index < -0.39 is 10.0 Å². The number of thiazole rings is 1. The van der Waals surface area contributed by atoms with E-state index >= 15 is 0 Å². The minimum absolute atomic E-state index is 0.0770. The molecule has 0 aliphatic carbocycles. The van der Waals surface area contributed by atoms with Crippen LogP contribution < -0.4 is 4.72 Å². The standard InChI is InChI=1S/C12H13ClN2O3S2/c1-8-12(19-7-14-8)5-15-20(17,18)10-2-3-11(13)9(4-10)6-16/h2-4,7,15-16H,5-6H2,1H3. The maximum absolute atomic E-state index is 12.2. The summed E-state index contributed by atoms with van der Waals surface area (Å²) in [5.74, 6) is 0. The second-order valence-corrected chi connectivity index (χ2v) is 7.21. The van der Waals surface area contributed by atoms with Crippen molar-refractivity contribution >= 4 is 33.0 Å². The van der Waals surface area contributed by atoms with Gasteiger partial charge in [0, 0.05) is 16.4 Å². The molecule has 2 aromatic rings. The highest BCUT2D eigenvalue weighted by molar-refractivity contribution is 7.89. The summed E-state index contributed by atoms with van der Waals surface area (Å²) >= 11 is 7.24. The van der Waals surface area contributed by atoms with Gasteiger partial charge in [0.1, 0.15) is 0 Å². The molecule has 0 unspecified atom stereocenters. The molecule has 0 bridgehead atoms. The molecule has 0 radical (unpaired) electrons. The largest absolute Gasteiger partial charge is 0.392 e. The lowest BCUT2D eigenvalue weighted by atomic mass is 10.2. The number of sulfonamides is 1. The molecule has 0 aliphatic heterocycles. The molecule has 0 fully saturated rings. The van der Waals surface area contributed by atoms with Crippen molar-refractivity contribution in [3.05, 3.63) is 44.9 Å². The second kappa shape index (κ2) is 6.19. The van der Waals surface area contributed by atoms with Crippen molar-refractivity contribution in [3.63, 3.8) is 0 Å². The number of aliphatic hydroxyl groups is 1. The number of halogens is 1. The molecular weight excluding hydrogens is 320 g/mol. The molecule has 5 nitrogen and oxygen atoms in total. The number of nitrogens with zero attached hydrogens (tertiary/aromatic N) is 1. The molecule has 20 heavy (non-hydrogen) atoms. The third-order valence-corrected chi connectivity index (χ3v) is 5.47. The van der Waals surface area contributed by atoms with E-state index in [-0.39, 0.29) is 18.0 Å². The molecule has 8 heteroatoms. The molecule has 108 valence electrons. The maximum atomic E-state index is 12.2.